The van der Waals surface area contributed by atoms with Gasteiger partial charge in [0.2, 0.25) is 0 Å². The van der Waals surface area contributed by atoms with Crippen LogP contribution >= 0.6 is 15.6 Å². The van der Waals surface area contributed by atoms with Crippen molar-refractivity contribution in [1.29, 1.82) is 0 Å². The van der Waals surface area contributed by atoms with E-state index in [4.69, 9.17) is 20.3 Å². The van der Waals surface area contributed by atoms with E-state index in [2.05, 4.69) is 13.8 Å². The van der Waals surface area contributed by atoms with E-state index in [1.54, 1.807) is 0 Å². The highest BCUT2D eigenvalue weighted by Gasteiger charge is 2.60. The lowest BCUT2D eigenvalue weighted by molar-refractivity contribution is -0.184. The highest BCUT2D eigenvalue weighted by molar-refractivity contribution is 7.60. The van der Waals surface area contributed by atoms with Crippen molar-refractivity contribution in [1.82, 2.24) is 9.55 Å². The Morgan fingerprint density at radius 1 is 1.27 bits per heavy atom. The lowest BCUT2D eigenvalue weighted by atomic mass is 9.87. The van der Waals surface area contributed by atoms with Crippen LogP contribution in [-0.2, 0) is 28.4 Å². The van der Waals surface area contributed by atoms with Crippen LogP contribution in [0.2, 0.25) is 0 Å². The van der Waals surface area contributed by atoms with Crippen LogP contribution in [0.25, 0.3) is 0 Å². The van der Waals surface area contributed by atoms with Crippen LogP contribution in [0.4, 0.5) is 5.82 Å². The number of nitrogen functional groups attached to an aromatic ring is 1. The molecule has 1 unspecified atom stereocenters. The number of hydrogen-bond donors (Lipinski definition) is 6. The van der Waals surface area contributed by atoms with E-state index >= 15 is 0 Å². The van der Waals surface area contributed by atoms with E-state index in [-0.39, 0.29) is 5.82 Å². The molecule has 2 heterocycles. The Kier molecular flexibility index (Phi) is 6.57. The van der Waals surface area contributed by atoms with Gasteiger partial charge in [-0.25, -0.2) is 13.9 Å². The minimum atomic E-state index is -5.33. The lowest BCUT2D eigenvalue weighted by Crippen LogP contribution is -2.54. The molecular formula is C14H23N3O11P2. The molecule has 0 amide bonds. The number of nitrogens with zero attached hydrogens (tertiary/aromatic N) is 2. The number of ether oxygens (including phenoxy) is 1. The van der Waals surface area contributed by atoms with Gasteiger partial charge in [-0.3, -0.25) is 9.09 Å². The molecule has 1 saturated carbocycles. The van der Waals surface area contributed by atoms with Gasteiger partial charge in [-0.05, 0) is 18.9 Å². The summed E-state index contributed by atoms with van der Waals surface area (Å²) in [7, 11) is -10.5. The second-order valence-electron chi connectivity index (χ2n) is 7.17. The molecule has 1 aromatic heterocycles. The van der Waals surface area contributed by atoms with Crippen LogP contribution < -0.4 is 11.4 Å². The Hall–Kier alpha value is -1.18. The van der Waals surface area contributed by atoms with Gasteiger partial charge in [0, 0.05) is 12.1 Å². The van der Waals surface area contributed by atoms with E-state index in [1.165, 1.54) is 12.3 Å². The number of aliphatic hydroxyl groups is 2. The van der Waals surface area contributed by atoms with Crippen molar-refractivity contribution in [2.45, 2.75) is 49.7 Å². The maximum absolute atomic E-state index is 12.5. The molecule has 1 aliphatic carbocycles. The normalized spacial score (nSPS) is 32.4. The molecule has 0 spiro atoms. The largest absolute Gasteiger partial charge is 0.481 e. The molecule has 30 heavy (non-hydrogen) atoms. The first-order valence-electron chi connectivity index (χ1n) is 8.99. The third kappa shape index (κ3) is 4.68. The molecule has 1 saturated heterocycles. The Morgan fingerprint density at radius 2 is 1.90 bits per heavy atom. The fourth-order valence-electron chi connectivity index (χ4n) is 4.04. The minimum absolute atomic E-state index is 0.0541. The summed E-state index contributed by atoms with van der Waals surface area (Å²) in [5.74, 6) is -0.455. The molecule has 0 bridgehead atoms. The van der Waals surface area contributed by atoms with Crippen LogP contribution in [0.5, 0.6) is 0 Å². The fourth-order valence-corrected chi connectivity index (χ4v) is 5.64. The van der Waals surface area contributed by atoms with E-state index in [9.17, 15) is 29.0 Å². The van der Waals surface area contributed by atoms with Gasteiger partial charge < -0.3 is 35.4 Å². The fraction of sp³-hybridized carbons (Fsp3) is 0.714. The second-order valence-corrected chi connectivity index (χ2v) is 10.00. The molecule has 3 rings (SSSR count). The Balaban J connectivity index is 1.91. The van der Waals surface area contributed by atoms with E-state index in [0.717, 1.165) is 17.4 Å². The minimum Gasteiger partial charge on any atom is -0.387 e. The van der Waals surface area contributed by atoms with Crippen molar-refractivity contribution < 1.29 is 47.6 Å². The summed E-state index contributed by atoms with van der Waals surface area (Å²) in [5, 5.41) is 21.4. The molecule has 0 radical (unpaired) electrons. The zero-order chi connectivity index (χ0) is 22.3. The Labute approximate surface area is 170 Å². The summed E-state index contributed by atoms with van der Waals surface area (Å²) >= 11 is 0. The van der Waals surface area contributed by atoms with Gasteiger partial charge in [0.05, 0.1) is 6.61 Å². The molecule has 14 nitrogen and oxygen atoms in total. The Bertz CT molecular complexity index is 930. The maximum atomic E-state index is 12.5. The van der Waals surface area contributed by atoms with Gasteiger partial charge in [0.1, 0.15) is 24.1 Å². The first-order valence-corrected chi connectivity index (χ1v) is 12.0. The summed E-state index contributed by atoms with van der Waals surface area (Å²) in [6, 6.07) is 1.32. The van der Waals surface area contributed by atoms with Gasteiger partial charge in [0.15, 0.2) is 5.72 Å². The maximum Gasteiger partial charge on any atom is 0.481 e. The average molecular weight is 471 g/mol. The molecule has 0 aromatic carbocycles. The smallest absolute Gasteiger partial charge is 0.387 e. The predicted octanol–water partition coefficient (Wildman–Crippen LogP) is -0.985. The summed E-state index contributed by atoms with van der Waals surface area (Å²) in [6.07, 6.45) is -0.746. The molecule has 2 fully saturated rings. The second kappa shape index (κ2) is 8.40. The highest BCUT2D eigenvalue weighted by Crippen LogP contribution is 2.58. The van der Waals surface area contributed by atoms with E-state index in [1.807, 2.05) is 0 Å². The molecule has 2 aliphatic rings. The summed E-state index contributed by atoms with van der Waals surface area (Å²) in [6.45, 7) is -0.863. The van der Waals surface area contributed by atoms with Gasteiger partial charge in [-0.1, -0.05) is 12.8 Å². The highest BCUT2D eigenvalue weighted by atomic mass is 31.3. The number of aliphatic hydroxyl groups excluding tert-OH is 2. The number of nitrogens with two attached hydrogens (primary N) is 1. The first kappa shape index (κ1) is 23.5. The molecular weight excluding hydrogens is 448 g/mol. The van der Waals surface area contributed by atoms with E-state index < -0.39 is 57.9 Å². The van der Waals surface area contributed by atoms with Gasteiger partial charge in [-0.2, -0.15) is 9.29 Å². The van der Waals surface area contributed by atoms with Gasteiger partial charge >= 0.3 is 21.3 Å². The number of phosphoric ester groups is 1. The first-order chi connectivity index (χ1) is 13.9. The SMILES string of the molecule is Nc1ccn([C@]2(C3CCCC3)O[C@H](COP(=O)(O)OP(=O)(O)O)[C@@H](O)[C@H]2O)c(=O)n1. The van der Waals surface area contributed by atoms with Crippen molar-refractivity contribution >= 4 is 21.5 Å². The summed E-state index contributed by atoms with van der Waals surface area (Å²) < 4.78 is 37.6. The van der Waals surface area contributed by atoms with Crippen LogP contribution in [0.3, 0.4) is 0 Å². The quantitative estimate of drug-likeness (QED) is 0.263. The van der Waals surface area contributed by atoms with Crippen LogP contribution in [-0.4, -0.2) is 59.4 Å². The average Bonchev–Trinajstić information content (AvgIpc) is 3.21. The molecule has 170 valence electrons. The van der Waals surface area contributed by atoms with E-state index in [0.29, 0.717) is 12.8 Å². The molecule has 5 atom stereocenters. The van der Waals surface area contributed by atoms with Crippen molar-refractivity contribution in [3.63, 3.8) is 0 Å². The molecule has 16 heteroatoms. The van der Waals surface area contributed by atoms with Crippen LogP contribution in [0, 0.1) is 5.92 Å². The summed E-state index contributed by atoms with van der Waals surface area (Å²) in [4.78, 5) is 42.9. The number of phosphoric acid groups is 2. The molecule has 1 aliphatic heterocycles. The van der Waals surface area contributed by atoms with Crippen molar-refractivity contribution in [2.24, 2.45) is 5.92 Å². The topological polar surface area (TPSA) is 224 Å². The third-order valence-corrected chi connectivity index (χ3v) is 7.37. The lowest BCUT2D eigenvalue weighted by Gasteiger charge is -2.39. The van der Waals surface area contributed by atoms with Crippen molar-refractivity contribution in [2.75, 3.05) is 12.3 Å². The number of rotatable bonds is 7. The standard InChI is InChI=1S/C14H23N3O11P2/c15-10-5-6-17(13(20)16-10)14(8-3-1-2-4-8)12(19)11(18)9(27-14)7-26-30(24,25)28-29(21,22)23/h5-6,8-9,11-12,18-19H,1-4,7H2,(H,24,25)(H2,15,16,20)(H2,21,22,23)/t9-,11-,12-,14-/m1/s1. The van der Waals surface area contributed by atoms with Crippen LogP contribution in [0.15, 0.2) is 17.1 Å². The summed E-state index contributed by atoms with van der Waals surface area (Å²) in [5.41, 5.74) is 2.95. The predicted molar refractivity (Wildman–Crippen MR) is 98.6 cm³/mol. The zero-order valence-electron chi connectivity index (χ0n) is 15.6. The monoisotopic (exact) mass is 471 g/mol. The number of aromatic nitrogens is 2. The number of anilines is 1. The zero-order valence-corrected chi connectivity index (χ0v) is 17.3. The molecule has 1 aromatic rings. The van der Waals surface area contributed by atoms with Gasteiger partial charge in [0.25, 0.3) is 0 Å². The third-order valence-electron chi connectivity index (χ3n) is 5.22. The van der Waals surface area contributed by atoms with Crippen molar-refractivity contribution in [3.8, 4) is 0 Å². The van der Waals surface area contributed by atoms with Crippen LogP contribution in [0.1, 0.15) is 25.7 Å². The van der Waals surface area contributed by atoms with Gasteiger partial charge in [-0.15, -0.1) is 0 Å². The Morgan fingerprint density at radius 3 is 2.47 bits per heavy atom. The van der Waals surface area contributed by atoms with Crippen molar-refractivity contribution in [3.05, 3.63) is 22.7 Å². The number of hydrogen-bond acceptors (Lipinski definition) is 10. The molecule has 7 N–H and O–H groups in total.